The van der Waals surface area contributed by atoms with E-state index in [0.29, 0.717) is 6.04 Å². The Bertz CT molecular complexity index is 339. The second-order valence-electron chi connectivity index (χ2n) is 3.59. The SMILES string of the molecule is CSc1nc(C)cc(NC2CCOC2)n1. The Labute approximate surface area is 93.8 Å². The summed E-state index contributed by atoms with van der Waals surface area (Å²) in [7, 11) is 0. The van der Waals surface area contributed by atoms with Crippen molar-refractivity contribution in [3.05, 3.63) is 11.8 Å². The fourth-order valence-electron chi connectivity index (χ4n) is 1.56. The molecule has 0 bridgehead atoms. The summed E-state index contributed by atoms with van der Waals surface area (Å²) in [5, 5.41) is 4.18. The van der Waals surface area contributed by atoms with Crippen LogP contribution in [0.1, 0.15) is 12.1 Å². The summed E-state index contributed by atoms with van der Waals surface area (Å²) >= 11 is 1.56. The first kappa shape index (κ1) is 10.7. The second-order valence-corrected chi connectivity index (χ2v) is 4.36. The zero-order chi connectivity index (χ0) is 10.7. The zero-order valence-electron chi connectivity index (χ0n) is 8.99. The van der Waals surface area contributed by atoms with Gasteiger partial charge in [0.2, 0.25) is 0 Å². The van der Waals surface area contributed by atoms with Crippen LogP contribution in [0.4, 0.5) is 5.82 Å². The quantitative estimate of drug-likeness (QED) is 0.627. The molecular formula is C10H15N3OS. The van der Waals surface area contributed by atoms with E-state index in [2.05, 4.69) is 15.3 Å². The number of hydrogen-bond donors (Lipinski definition) is 1. The van der Waals surface area contributed by atoms with Crippen LogP contribution in [0.3, 0.4) is 0 Å². The van der Waals surface area contributed by atoms with Crippen molar-refractivity contribution in [1.82, 2.24) is 9.97 Å². The molecule has 2 rings (SSSR count). The Hall–Kier alpha value is -0.810. The van der Waals surface area contributed by atoms with Crippen molar-refractivity contribution in [3.8, 4) is 0 Å². The molecule has 2 heterocycles. The lowest BCUT2D eigenvalue weighted by Gasteiger charge is -2.12. The van der Waals surface area contributed by atoms with Gasteiger partial charge in [-0.25, -0.2) is 9.97 Å². The molecule has 0 aliphatic carbocycles. The summed E-state index contributed by atoms with van der Waals surface area (Å²) in [5.41, 5.74) is 0.996. The standard InChI is InChI=1S/C10H15N3OS/c1-7-5-9(13-10(11-7)15-2)12-8-3-4-14-6-8/h5,8H,3-4,6H2,1-2H3,(H,11,12,13). The first-order valence-electron chi connectivity index (χ1n) is 5.02. The second kappa shape index (κ2) is 4.81. The third-order valence-electron chi connectivity index (χ3n) is 2.30. The molecule has 1 aromatic heterocycles. The van der Waals surface area contributed by atoms with Gasteiger partial charge in [-0.15, -0.1) is 0 Å². The minimum Gasteiger partial charge on any atom is -0.379 e. The first-order valence-corrected chi connectivity index (χ1v) is 6.24. The summed E-state index contributed by atoms with van der Waals surface area (Å²) in [6, 6.07) is 2.37. The number of rotatable bonds is 3. The number of aryl methyl sites for hydroxylation is 1. The van der Waals surface area contributed by atoms with Gasteiger partial charge in [-0.2, -0.15) is 0 Å². The van der Waals surface area contributed by atoms with Crippen molar-refractivity contribution in [1.29, 1.82) is 0 Å². The van der Waals surface area contributed by atoms with E-state index in [-0.39, 0.29) is 0 Å². The van der Waals surface area contributed by atoms with Gasteiger partial charge >= 0.3 is 0 Å². The molecule has 82 valence electrons. The highest BCUT2D eigenvalue weighted by atomic mass is 32.2. The maximum Gasteiger partial charge on any atom is 0.189 e. The van der Waals surface area contributed by atoms with Crippen molar-refractivity contribution in [3.63, 3.8) is 0 Å². The summed E-state index contributed by atoms with van der Waals surface area (Å²) < 4.78 is 5.30. The maximum atomic E-state index is 5.30. The summed E-state index contributed by atoms with van der Waals surface area (Å²) in [4.78, 5) is 8.71. The van der Waals surface area contributed by atoms with Crippen LogP contribution in [-0.2, 0) is 4.74 Å². The van der Waals surface area contributed by atoms with E-state index in [1.165, 1.54) is 0 Å². The van der Waals surface area contributed by atoms with E-state index in [4.69, 9.17) is 4.74 Å². The number of ether oxygens (including phenoxy) is 1. The lowest BCUT2D eigenvalue weighted by molar-refractivity contribution is 0.195. The molecule has 1 aliphatic heterocycles. The maximum absolute atomic E-state index is 5.30. The summed E-state index contributed by atoms with van der Waals surface area (Å²) in [6.07, 6.45) is 3.04. The predicted molar refractivity (Wildman–Crippen MR) is 61.4 cm³/mol. The van der Waals surface area contributed by atoms with Crippen molar-refractivity contribution >= 4 is 17.6 Å². The van der Waals surface area contributed by atoms with Gasteiger partial charge in [0.1, 0.15) is 5.82 Å². The highest BCUT2D eigenvalue weighted by Gasteiger charge is 2.15. The van der Waals surface area contributed by atoms with E-state index in [1.807, 2.05) is 19.2 Å². The number of hydrogen-bond acceptors (Lipinski definition) is 5. The van der Waals surface area contributed by atoms with Gasteiger partial charge in [0.15, 0.2) is 5.16 Å². The van der Waals surface area contributed by atoms with E-state index in [0.717, 1.165) is 36.3 Å². The molecule has 0 saturated carbocycles. The van der Waals surface area contributed by atoms with Gasteiger partial charge < -0.3 is 10.1 Å². The molecule has 0 spiro atoms. The van der Waals surface area contributed by atoms with Crippen LogP contribution < -0.4 is 5.32 Å². The normalized spacial score (nSPS) is 20.5. The Morgan fingerprint density at radius 1 is 1.53 bits per heavy atom. The number of nitrogens with zero attached hydrogens (tertiary/aromatic N) is 2. The fourth-order valence-corrected chi connectivity index (χ4v) is 1.99. The van der Waals surface area contributed by atoms with Crippen LogP contribution >= 0.6 is 11.8 Å². The van der Waals surface area contributed by atoms with E-state index in [9.17, 15) is 0 Å². The highest BCUT2D eigenvalue weighted by Crippen LogP contribution is 2.16. The Morgan fingerprint density at radius 2 is 2.40 bits per heavy atom. The zero-order valence-corrected chi connectivity index (χ0v) is 9.80. The minimum absolute atomic E-state index is 0.397. The van der Waals surface area contributed by atoms with E-state index in [1.54, 1.807) is 11.8 Å². The van der Waals surface area contributed by atoms with Crippen LogP contribution in [0.25, 0.3) is 0 Å². The summed E-state index contributed by atoms with van der Waals surface area (Å²) in [6.45, 7) is 3.60. The largest absolute Gasteiger partial charge is 0.379 e. The molecule has 0 aromatic carbocycles. The van der Waals surface area contributed by atoms with Crippen molar-refractivity contribution in [2.24, 2.45) is 0 Å². The van der Waals surface area contributed by atoms with E-state index >= 15 is 0 Å². The van der Waals surface area contributed by atoms with Crippen LogP contribution in [0, 0.1) is 6.92 Å². The smallest absolute Gasteiger partial charge is 0.189 e. The van der Waals surface area contributed by atoms with Gasteiger partial charge in [-0.05, 0) is 19.6 Å². The number of aromatic nitrogens is 2. The molecule has 5 heteroatoms. The molecule has 1 fully saturated rings. The van der Waals surface area contributed by atoms with Crippen LogP contribution in [0.15, 0.2) is 11.2 Å². The van der Waals surface area contributed by atoms with Gasteiger partial charge in [0.05, 0.1) is 12.6 Å². The highest BCUT2D eigenvalue weighted by molar-refractivity contribution is 7.98. The monoisotopic (exact) mass is 225 g/mol. The van der Waals surface area contributed by atoms with Crippen LogP contribution in [-0.4, -0.2) is 35.5 Å². The third kappa shape index (κ3) is 2.82. The molecule has 0 amide bonds. The molecule has 1 aromatic rings. The minimum atomic E-state index is 0.397. The molecule has 1 atom stereocenters. The lowest BCUT2D eigenvalue weighted by Crippen LogP contribution is -2.20. The predicted octanol–water partition coefficient (Wildman–Crippen LogP) is 1.71. The molecule has 1 saturated heterocycles. The number of thioether (sulfide) groups is 1. The Kier molecular flexibility index (Phi) is 3.43. The molecule has 4 nitrogen and oxygen atoms in total. The van der Waals surface area contributed by atoms with Crippen LogP contribution in [0.5, 0.6) is 0 Å². The number of anilines is 1. The van der Waals surface area contributed by atoms with E-state index < -0.39 is 0 Å². The topological polar surface area (TPSA) is 47.0 Å². The third-order valence-corrected chi connectivity index (χ3v) is 2.85. The van der Waals surface area contributed by atoms with Crippen LogP contribution in [0.2, 0.25) is 0 Å². The van der Waals surface area contributed by atoms with Gasteiger partial charge in [0, 0.05) is 18.4 Å². The molecule has 1 unspecified atom stereocenters. The summed E-state index contributed by atoms with van der Waals surface area (Å²) in [5.74, 6) is 0.905. The molecule has 0 radical (unpaired) electrons. The fraction of sp³-hybridized carbons (Fsp3) is 0.600. The first-order chi connectivity index (χ1) is 7.28. The molecule has 1 aliphatic rings. The van der Waals surface area contributed by atoms with Crippen molar-refractivity contribution < 1.29 is 4.74 Å². The molecule has 15 heavy (non-hydrogen) atoms. The average molecular weight is 225 g/mol. The lowest BCUT2D eigenvalue weighted by atomic mass is 10.2. The average Bonchev–Trinajstić information content (AvgIpc) is 2.69. The van der Waals surface area contributed by atoms with Gasteiger partial charge in [-0.1, -0.05) is 11.8 Å². The van der Waals surface area contributed by atoms with Crippen molar-refractivity contribution in [2.45, 2.75) is 24.5 Å². The molecular weight excluding hydrogens is 210 g/mol. The number of nitrogens with one attached hydrogen (secondary N) is 1. The molecule has 1 N–H and O–H groups in total. The van der Waals surface area contributed by atoms with Gasteiger partial charge in [0.25, 0.3) is 0 Å². The van der Waals surface area contributed by atoms with Crippen molar-refractivity contribution in [2.75, 3.05) is 24.8 Å². The Morgan fingerprint density at radius 3 is 3.07 bits per heavy atom. The van der Waals surface area contributed by atoms with Gasteiger partial charge in [-0.3, -0.25) is 0 Å². The Balaban J connectivity index is 2.09.